The summed E-state index contributed by atoms with van der Waals surface area (Å²) in [5.41, 5.74) is 2.66. The van der Waals surface area contributed by atoms with Crippen molar-refractivity contribution in [2.45, 2.75) is 78.2 Å². The van der Waals surface area contributed by atoms with E-state index in [0.717, 1.165) is 54.2 Å². The highest BCUT2D eigenvalue weighted by molar-refractivity contribution is 5.90. The predicted molar refractivity (Wildman–Crippen MR) is 112 cm³/mol. The Hall–Kier alpha value is -2.41. The summed E-state index contributed by atoms with van der Waals surface area (Å²) in [7, 11) is 0. The van der Waals surface area contributed by atoms with Crippen molar-refractivity contribution in [3.8, 4) is 23.8 Å². The first-order chi connectivity index (χ1) is 13.4. The second-order valence-electron chi connectivity index (χ2n) is 8.23. The predicted octanol–water partition coefficient (Wildman–Crippen LogP) is 5.34. The molecule has 0 spiro atoms. The Morgan fingerprint density at radius 3 is 2.79 bits per heavy atom. The molecule has 0 unspecified atom stereocenters. The van der Waals surface area contributed by atoms with E-state index in [1.807, 2.05) is 20.8 Å². The second kappa shape index (κ2) is 8.31. The van der Waals surface area contributed by atoms with Crippen LogP contribution in [0.2, 0.25) is 0 Å². The van der Waals surface area contributed by atoms with Crippen LogP contribution in [0.3, 0.4) is 0 Å². The molecule has 1 aliphatic rings. The SMILES string of the molecule is C#CCOc1c2c(cc3c(C)c(CCCCCC)c(=O)oc13)CCC(C)(C)O2. The number of hydrogen-bond donors (Lipinski definition) is 0. The molecule has 0 atom stereocenters. The Morgan fingerprint density at radius 2 is 2.07 bits per heavy atom. The smallest absolute Gasteiger partial charge is 0.339 e. The molecule has 2 aromatic rings. The van der Waals surface area contributed by atoms with E-state index in [0.29, 0.717) is 17.1 Å². The fourth-order valence-electron chi connectivity index (χ4n) is 3.85. The molecule has 1 aromatic carbocycles. The topological polar surface area (TPSA) is 48.7 Å². The number of hydrogen-bond acceptors (Lipinski definition) is 4. The first kappa shape index (κ1) is 20.3. The van der Waals surface area contributed by atoms with Crippen LogP contribution in [0, 0.1) is 19.3 Å². The molecule has 0 N–H and O–H groups in total. The monoisotopic (exact) mass is 382 g/mol. The van der Waals surface area contributed by atoms with Gasteiger partial charge in [0.2, 0.25) is 5.75 Å². The van der Waals surface area contributed by atoms with Gasteiger partial charge in [-0.05, 0) is 63.6 Å². The highest BCUT2D eigenvalue weighted by Crippen LogP contribution is 2.45. The molecular formula is C24H30O4. The maximum Gasteiger partial charge on any atom is 0.339 e. The molecule has 1 aromatic heterocycles. The first-order valence-electron chi connectivity index (χ1n) is 10.3. The van der Waals surface area contributed by atoms with Gasteiger partial charge in [0.15, 0.2) is 11.3 Å². The van der Waals surface area contributed by atoms with Gasteiger partial charge in [-0.15, -0.1) is 6.42 Å². The third kappa shape index (κ3) is 4.04. The molecule has 4 nitrogen and oxygen atoms in total. The van der Waals surface area contributed by atoms with Crippen molar-refractivity contribution in [3.63, 3.8) is 0 Å². The number of fused-ring (bicyclic) bond motifs is 2. The summed E-state index contributed by atoms with van der Waals surface area (Å²) in [6, 6.07) is 2.09. The van der Waals surface area contributed by atoms with Crippen molar-refractivity contribution in [3.05, 3.63) is 33.2 Å². The van der Waals surface area contributed by atoms with E-state index in [1.54, 1.807) is 0 Å². The van der Waals surface area contributed by atoms with Crippen LogP contribution in [0.1, 0.15) is 69.6 Å². The summed E-state index contributed by atoms with van der Waals surface area (Å²) >= 11 is 0. The Kier molecular flexibility index (Phi) is 6.03. The quantitative estimate of drug-likeness (QED) is 0.368. The summed E-state index contributed by atoms with van der Waals surface area (Å²) in [5.74, 6) is 3.60. The Bertz CT molecular complexity index is 959. The molecule has 150 valence electrons. The first-order valence-corrected chi connectivity index (χ1v) is 10.3. The number of benzene rings is 1. The van der Waals surface area contributed by atoms with Crippen LogP contribution < -0.4 is 15.1 Å². The van der Waals surface area contributed by atoms with Gasteiger partial charge >= 0.3 is 5.63 Å². The van der Waals surface area contributed by atoms with Crippen LogP contribution in [0.25, 0.3) is 11.0 Å². The fourth-order valence-corrected chi connectivity index (χ4v) is 3.85. The molecule has 2 heterocycles. The van der Waals surface area contributed by atoms with Gasteiger partial charge < -0.3 is 13.9 Å². The lowest BCUT2D eigenvalue weighted by molar-refractivity contribution is 0.0800. The maximum absolute atomic E-state index is 12.7. The van der Waals surface area contributed by atoms with Gasteiger partial charge in [-0.2, -0.15) is 0 Å². The van der Waals surface area contributed by atoms with Crippen molar-refractivity contribution >= 4 is 11.0 Å². The summed E-state index contributed by atoms with van der Waals surface area (Å²) in [5, 5.41) is 0.916. The van der Waals surface area contributed by atoms with Crippen LogP contribution in [0.5, 0.6) is 11.5 Å². The highest BCUT2D eigenvalue weighted by Gasteiger charge is 2.31. The van der Waals surface area contributed by atoms with E-state index in [4.69, 9.17) is 20.3 Å². The number of unbranched alkanes of at least 4 members (excludes halogenated alkanes) is 3. The van der Waals surface area contributed by atoms with Gasteiger partial charge in [-0.1, -0.05) is 32.1 Å². The van der Waals surface area contributed by atoms with Gasteiger partial charge in [0.05, 0.1) is 0 Å². The molecule has 0 aliphatic carbocycles. The molecular weight excluding hydrogens is 352 g/mol. The molecule has 0 saturated heterocycles. The Labute approximate surface area is 167 Å². The minimum Gasteiger partial charge on any atom is -0.484 e. The molecule has 28 heavy (non-hydrogen) atoms. The van der Waals surface area contributed by atoms with Gasteiger partial charge in [0.1, 0.15) is 12.2 Å². The minimum absolute atomic E-state index is 0.0941. The van der Waals surface area contributed by atoms with Crippen molar-refractivity contribution in [1.82, 2.24) is 0 Å². The van der Waals surface area contributed by atoms with E-state index < -0.39 is 0 Å². The molecule has 0 saturated carbocycles. The zero-order valence-electron chi connectivity index (χ0n) is 17.4. The third-order valence-corrected chi connectivity index (χ3v) is 5.52. The number of ether oxygens (including phenoxy) is 2. The standard InChI is InChI=1S/C24H30O4/c1-6-8-9-10-11-18-16(3)19-15-17-12-13-24(4,5)28-20(17)22(26-14-7-2)21(19)27-23(18)25/h2,15H,6,8-14H2,1,3-5H3. The average Bonchev–Trinajstić information content (AvgIpc) is 2.65. The van der Waals surface area contributed by atoms with Crippen molar-refractivity contribution in [2.75, 3.05) is 6.61 Å². The van der Waals surface area contributed by atoms with Crippen LogP contribution in [-0.2, 0) is 12.8 Å². The number of rotatable bonds is 7. The van der Waals surface area contributed by atoms with Gasteiger partial charge in [0, 0.05) is 10.9 Å². The molecule has 0 bridgehead atoms. The van der Waals surface area contributed by atoms with Crippen molar-refractivity contribution < 1.29 is 13.9 Å². The van der Waals surface area contributed by atoms with E-state index in [9.17, 15) is 4.79 Å². The normalized spacial score (nSPS) is 15.0. The van der Waals surface area contributed by atoms with Crippen LogP contribution >= 0.6 is 0 Å². The van der Waals surface area contributed by atoms with Crippen LogP contribution in [-0.4, -0.2) is 12.2 Å². The molecule has 0 fully saturated rings. The van der Waals surface area contributed by atoms with Gasteiger partial charge in [-0.25, -0.2) is 4.79 Å². The average molecular weight is 383 g/mol. The van der Waals surface area contributed by atoms with Gasteiger partial charge in [0.25, 0.3) is 0 Å². The largest absolute Gasteiger partial charge is 0.484 e. The lowest BCUT2D eigenvalue weighted by Crippen LogP contribution is -2.33. The molecule has 3 rings (SSSR count). The van der Waals surface area contributed by atoms with Crippen LogP contribution in [0.15, 0.2) is 15.3 Å². The summed E-state index contributed by atoms with van der Waals surface area (Å²) in [4.78, 5) is 12.7. The lowest BCUT2D eigenvalue weighted by atomic mass is 9.91. The lowest BCUT2D eigenvalue weighted by Gasteiger charge is -2.33. The maximum atomic E-state index is 12.7. The van der Waals surface area contributed by atoms with Crippen molar-refractivity contribution in [1.29, 1.82) is 0 Å². The highest BCUT2D eigenvalue weighted by atomic mass is 16.5. The summed E-state index contributed by atoms with van der Waals surface area (Å²) < 4.78 is 17.8. The minimum atomic E-state index is -0.302. The molecule has 0 radical (unpaired) electrons. The zero-order valence-corrected chi connectivity index (χ0v) is 17.4. The number of aryl methyl sites for hydroxylation is 2. The Morgan fingerprint density at radius 1 is 1.29 bits per heavy atom. The zero-order chi connectivity index (χ0) is 20.3. The van der Waals surface area contributed by atoms with E-state index >= 15 is 0 Å². The van der Waals surface area contributed by atoms with E-state index in [-0.39, 0.29) is 17.8 Å². The molecule has 4 heteroatoms. The van der Waals surface area contributed by atoms with E-state index in [1.165, 1.54) is 12.8 Å². The molecule has 0 amide bonds. The van der Waals surface area contributed by atoms with E-state index in [2.05, 4.69) is 18.9 Å². The van der Waals surface area contributed by atoms with Gasteiger partial charge in [-0.3, -0.25) is 0 Å². The number of terminal acetylenes is 1. The Balaban J connectivity index is 2.13. The second-order valence-corrected chi connectivity index (χ2v) is 8.23. The molecule has 1 aliphatic heterocycles. The van der Waals surface area contributed by atoms with Crippen molar-refractivity contribution in [2.24, 2.45) is 0 Å². The van der Waals surface area contributed by atoms with Crippen LogP contribution in [0.4, 0.5) is 0 Å². The fraction of sp³-hybridized carbons (Fsp3) is 0.542. The summed E-state index contributed by atoms with van der Waals surface area (Å²) in [6.07, 6.45) is 12.4. The summed E-state index contributed by atoms with van der Waals surface area (Å²) in [6.45, 7) is 8.37. The third-order valence-electron chi connectivity index (χ3n) is 5.52.